The van der Waals surface area contributed by atoms with Crippen molar-refractivity contribution in [3.05, 3.63) is 91.6 Å². The van der Waals surface area contributed by atoms with Gasteiger partial charge in [-0.1, -0.05) is 29.8 Å². The van der Waals surface area contributed by atoms with Crippen molar-refractivity contribution in [3.63, 3.8) is 0 Å². The molecule has 5 rings (SSSR count). The number of aryl methyl sites for hydroxylation is 1. The Morgan fingerprint density at radius 1 is 0.800 bits per heavy atom. The molecule has 0 fully saturated rings. The smallest absolute Gasteiger partial charge is 0.341 e. The van der Waals surface area contributed by atoms with Crippen molar-refractivity contribution in [1.29, 1.82) is 0 Å². The van der Waals surface area contributed by atoms with E-state index in [-0.39, 0.29) is 5.56 Å². The number of pyridine rings is 2. The summed E-state index contributed by atoms with van der Waals surface area (Å²) in [5, 5.41) is 5.18. The maximum atomic E-state index is 12.5. The summed E-state index contributed by atoms with van der Waals surface area (Å²) in [4.78, 5) is 32.8. The Bertz CT molecular complexity index is 1890. The zero-order chi connectivity index (χ0) is 32.7. The lowest BCUT2D eigenvalue weighted by molar-refractivity contribution is 0.0517. The summed E-state index contributed by atoms with van der Waals surface area (Å²) in [5.41, 5.74) is 4.66. The summed E-state index contributed by atoms with van der Waals surface area (Å²) in [6.07, 6.45) is 2.95. The quantitative estimate of drug-likeness (QED) is 0.155. The second-order valence-electron chi connectivity index (χ2n) is 9.42. The molecule has 0 aliphatic carbocycles. The highest BCUT2D eigenvalue weighted by molar-refractivity contribution is 9.11. The summed E-state index contributed by atoms with van der Waals surface area (Å²) in [6.45, 7) is 6.12. The molecule has 1 N–H and O–H groups in total. The largest absolute Gasteiger partial charge is 0.495 e. The van der Waals surface area contributed by atoms with Crippen LogP contribution in [-0.2, 0) is 9.47 Å². The minimum absolute atomic E-state index is 0.257. The second-order valence-corrected chi connectivity index (χ2v) is 11.5. The summed E-state index contributed by atoms with van der Waals surface area (Å²) in [5.74, 6) is 0.439. The van der Waals surface area contributed by atoms with E-state index in [1.807, 2.05) is 43.3 Å². The van der Waals surface area contributed by atoms with E-state index in [1.165, 1.54) is 12.4 Å². The third-order valence-corrected chi connectivity index (χ3v) is 8.26. The monoisotopic (exact) mass is 757 g/mol. The summed E-state index contributed by atoms with van der Waals surface area (Å²) < 4.78 is 22.2. The number of carbonyl (C=O) groups excluding carboxylic acids is 2. The van der Waals surface area contributed by atoms with E-state index in [4.69, 9.17) is 30.5 Å². The molecule has 0 unspecified atom stereocenters. The first-order valence-corrected chi connectivity index (χ1v) is 15.7. The third kappa shape index (κ3) is 7.66. The highest BCUT2D eigenvalue weighted by Gasteiger charge is 2.19. The first-order chi connectivity index (χ1) is 21.6. The molecule has 12 heteroatoms. The van der Waals surface area contributed by atoms with Crippen molar-refractivity contribution < 1.29 is 28.5 Å². The molecule has 3 aromatic carbocycles. The van der Waals surface area contributed by atoms with Crippen molar-refractivity contribution >= 4 is 88.6 Å². The fourth-order valence-corrected chi connectivity index (χ4v) is 5.65. The van der Waals surface area contributed by atoms with E-state index >= 15 is 0 Å². The van der Waals surface area contributed by atoms with Crippen LogP contribution in [0.15, 0.2) is 69.9 Å². The molecule has 0 saturated carbocycles. The maximum absolute atomic E-state index is 12.5. The van der Waals surface area contributed by atoms with Crippen LogP contribution in [0.3, 0.4) is 0 Å². The zero-order valence-electron chi connectivity index (χ0n) is 25.2. The van der Waals surface area contributed by atoms with Crippen LogP contribution in [0.5, 0.6) is 11.5 Å². The first-order valence-electron chi connectivity index (χ1n) is 13.8. The predicted molar refractivity (Wildman–Crippen MR) is 183 cm³/mol. The normalized spacial score (nSPS) is 10.6. The number of nitrogens with zero attached hydrogens (tertiary/aromatic N) is 2. The molecule has 0 radical (unpaired) electrons. The zero-order valence-corrected chi connectivity index (χ0v) is 29.1. The van der Waals surface area contributed by atoms with Crippen molar-refractivity contribution in [2.45, 2.75) is 20.8 Å². The number of nitrogens with one attached hydrogen (secondary N) is 1. The number of esters is 2. The third-order valence-electron chi connectivity index (χ3n) is 6.61. The summed E-state index contributed by atoms with van der Waals surface area (Å²) in [7, 11) is 3.17. The molecule has 0 bridgehead atoms. The van der Waals surface area contributed by atoms with E-state index in [0.717, 1.165) is 25.6 Å². The number of fused-ring (bicyclic) bond motifs is 2. The van der Waals surface area contributed by atoms with E-state index in [0.29, 0.717) is 57.4 Å². The molecule has 0 saturated heterocycles. The van der Waals surface area contributed by atoms with Gasteiger partial charge in [0.1, 0.15) is 17.1 Å². The predicted octanol–water partition coefficient (Wildman–Crippen LogP) is 9.07. The van der Waals surface area contributed by atoms with Gasteiger partial charge in [-0.25, -0.2) is 9.59 Å². The van der Waals surface area contributed by atoms with Gasteiger partial charge in [0.05, 0.1) is 63.7 Å². The van der Waals surface area contributed by atoms with E-state index in [1.54, 1.807) is 40.2 Å². The Hall–Kier alpha value is -3.93. The lowest BCUT2D eigenvalue weighted by Crippen LogP contribution is -2.09. The van der Waals surface area contributed by atoms with Gasteiger partial charge in [0, 0.05) is 41.0 Å². The molecule has 9 nitrogen and oxygen atoms in total. The van der Waals surface area contributed by atoms with Gasteiger partial charge >= 0.3 is 11.9 Å². The molecule has 0 aliphatic rings. The van der Waals surface area contributed by atoms with E-state index in [9.17, 15) is 9.59 Å². The second kappa shape index (κ2) is 15.4. The first kappa shape index (κ1) is 34.0. The molecule has 0 amide bonds. The van der Waals surface area contributed by atoms with Crippen LogP contribution in [-0.4, -0.2) is 49.3 Å². The van der Waals surface area contributed by atoms with Crippen LogP contribution in [0.1, 0.15) is 40.1 Å². The van der Waals surface area contributed by atoms with Gasteiger partial charge in [-0.05, 0) is 76.4 Å². The fraction of sp³-hybridized carbons (Fsp3) is 0.212. The number of para-hydroxylation sites is 1. The Labute approximate surface area is 282 Å². The highest BCUT2D eigenvalue weighted by atomic mass is 79.9. The van der Waals surface area contributed by atoms with Gasteiger partial charge in [0.25, 0.3) is 0 Å². The number of anilines is 2. The number of halogens is 3. The molecule has 0 aliphatic heterocycles. The summed E-state index contributed by atoms with van der Waals surface area (Å²) >= 11 is 13.1. The lowest BCUT2D eigenvalue weighted by atomic mass is 10.1. The van der Waals surface area contributed by atoms with Gasteiger partial charge in [0.2, 0.25) is 0 Å². The average molecular weight is 760 g/mol. The van der Waals surface area contributed by atoms with Crippen LogP contribution >= 0.6 is 43.5 Å². The number of hydrogen-bond acceptors (Lipinski definition) is 9. The topological polar surface area (TPSA) is 109 Å². The van der Waals surface area contributed by atoms with Gasteiger partial charge in [-0.2, -0.15) is 0 Å². The molecule has 0 spiro atoms. The molecular weight excluding hydrogens is 730 g/mol. The Morgan fingerprint density at radius 3 is 1.87 bits per heavy atom. The number of ether oxygens (including phenoxy) is 4. The van der Waals surface area contributed by atoms with Crippen LogP contribution in [0.25, 0.3) is 21.8 Å². The highest BCUT2D eigenvalue weighted by Crippen LogP contribution is 2.37. The van der Waals surface area contributed by atoms with Crippen molar-refractivity contribution in [3.8, 4) is 11.5 Å². The van der Waals surface area contributed by atoms with Crippen LogP contribution in [0.2, 0.25) is 5.02 Å². The van der Waals surface area contributed by atoms with Crippen LogP contribution in [0, 0.1) is 6.92 Å². The van der Waals surface area contributed by atoms with Gasteiger partial charge in [-0.15, -0.1) is 0 Å². The molecular formula is C33H30Br2ClN3O6. The van der Waals surface area contributed by atoms with Crippen molar-refractivity contribution in [2.24, 2.45) is 0 Å². The Kier molecular flexibility index (Phi) is 11.6. The van der Waals surface area contributed by atoms with E-state index in [2.05, 4.69) is 47.1 Å². The number of aromatic nitrogens is 2. The van der Waals surface area contributed by atoms with Crippen molar-refractivity contribution in [2.75, 3.05) is 32.8 Å². The number of hydrogen-bond donors (Lipinski definition) is 1. The molecule has 2 heterocycles. The lowest BCUT2D eigenvalue weighted by Gasteiger charge is -2.16. The van der Waals surface area contributed by atoms with Gasteiger partial charge in [0.15, 0.2) is 0 Å². The number of benzene rings is 3. The average Bonchev–Trinajstić information content (AvgIpc) is 3.02. The number of rotatable bonds is 8. The van der Waals surface area contributed by atoms with Crippen LogP contribution in [0.4, 0.5) is 11.4 Å². The minimum Gasteiger partial charge on any atom is -0.495 e. The van der Waals surface area contributed by atoms with Gasteiger partial charge in [-0.3, -0.25) is 9.97 Å². The molecule has 0 atom stereocenters. The minimum atomic E-state index is -0.478. The molecule has 2 aromatic heterocycles. The van der Waals surface area contributed by atoms with Gasteiger partial charge < -0.3 is 24.3 Å². The number of methoxy groups -OCH3 is 2. The maximum Gasteiger partial charge on any atom is 0.341 e. The number of carbonyl (C=O) groups is 2. The molecule has 234 valence electrons. The molecule has 45 heavy (non-hydrogen) atoms. The Morgan fingerprint density at radius 2 is 1.31 bits per heavy atom. The standard InChI is InChI=1S/C20H19BrN2O3.C13H11BrClNO3/c1-4-26-20(24)14-11-22-17-10-18(25-3)15(21)9-13(17)19(14)23-16-8-6-5-7-12(16)2;1-3-19-13(17)8-6-16-10-5-11(18-2)9(14)4-7(10)12(8)15/h5-11H,4H2,1-3H3,(H,22,23);4-6H,3H2,1-2H3. The van der Waals surface area contributed by atoms with Crippen molar-refractivity contribution in [1.82, 2.24) is 9.97 Å². The summed E-state index contributed by atoms with van der Waals surface area (Å²) in [6, 6.07) is 15.1. The fourth-order valence-electron chi connectivity index (χ4n) is 4.36. The molecule has 5 aromatic rings. The van der Waals surface area contributed by atoms with E-state index < -0.39 is 11.9 Å². The Balaban J connectivity index is 0.000000215. The van der Waals surface area contributed by atoms with Crippen LogP contribution < -0.4 is 14.8 Å². The SMILES string of the molecule is CCOC(=O)c1cnc2cc(OC)c(Br)cc2c1Cl.CCOC(=O)c1cnc2cc(OC)c(Br)cc2c1Nc1ccccc1C.